The van der Waals surface area contributed by atoms with Gasteiger partial charge in [-0.1, -0.05) is 0 Å². The molecule has 0 bridgehead atoms. The number of hydrogen-bond donors (Lipinski definition) is 2. The molecule has 0 spiro atoms. The number of aryl methyl sites for hydroxylation is 2. The van der Waals surface area contributed by atoms with E-state index in [1.165, 1.54) is 11.3 Å². The molecule has 0 aliphatic rings. The van der Waals surface area contributed by atoms with Crippen molar-refractivity contribution in [1.29, 1.82) is 0 Å². The standard InChI is InChI=1S/C15H29N5S/c1-7-16-15(17-8-9-21-6)18-11(2)10-14-12(3)19-20(5)13(14)4/h11H,7-10H2,1-6H3,(H2,16,17,18). The number of guanidine groups is 1. The normalized spacial score (nSPS) is 13.3. The molecule has 6 heteroatoms. The maximum absolute atomic E-state index is 4.59. The number of aliphatic imine (C=N–C) groups is 1. The molecule has 0 radical (unpaired) electrons. The van der Waals surface area contributed by atoms with Gasteiger partial charge in [0.05, 0.1) is 12.2 Å². The number of thioether (sulfide) groups is 1. The van der Waals surface area contributed by atoms with Gasteiger partial charge in [0.25, 0.3) is 0 Å². The molecule has 1 heterocycles. The lowest BCUT2D eigenvalue weighted by atomic mass is 10.1. The lowest BCUT2D eigenvalue weighted by Gasteiger charge is -2.18. The van der Waals surface area contributed by atoms with Gasteiger partial charge in [0.2, 0.25) is 0 Å². The molecule has 5 nitrogen and oxygen atoms in total. The van der Waals surface area contributed by atoms with Crippen molar-refractivity contribution in [3.05, 3.63) is 17.0 Å². The summed E-state index contributed by atoms with van der Waals surface area (Å²) in [5.41, 5.74) is 3.69. The molecular weight excluding hydrogens is 282 g/mol. The van der Waals surface area contributed by atoms with E-state index in [1.54, 1.807) is 0 Å². The molecule has 1 rings (SSSR count). The van der Waals surface area contributed by atoms with Crippen molar-refractivity contribution in [3.63, 3.8) is 0 Å². The SMILES string of the molecule is CCNC(=NCCSC)NC(C)Cc1c(C)nn(C)c1C. The second kappa shape index (κ2) is 8.97. The molecule has 2 N–H and O–H groups in total. The maximum atomic E-state index is 4.59. The lowest BCUT2D eigenvalue weighted by molar-refractivity contribution is 0.636. The Morgan fingerprint density at radius 2 is 2.14 bits per heavy atom. The first kappa shape index (κ1) is 17.9. The fourth-order valence-corrected chi connectivity index (χ4v) is 2.55. The van der Waals surface area contributed by atoms with Gasteiger partial charge in [0, 0.05) is 31.1 Å². The van der Waals surface area contributed by atoms with E-state index in [4.69, 9.17) is 0 Å². The fourth-order valence-electron chi connectivity index (χ4n) is 2.27. The third-order valence-corrected chi connectivity index (χ3v) is 4.05. The molecule has 0 saturated heterocycles. The number of rotatable bonds is 7. The Balaban J connectivity index is 2.64. The maximum Gasteiger partial charge on any atom is 0.191 e. The first-order valence-electron chi connectivity index (χ1n) is 7.52. The molecule has 1 aromatic heterocycles. The van der Waals surface area contributed by atoms with E-state index in [0.29, 0.717) is 6.04 Å². The Labute approximate surface area is 133 Å². The first-order valence-corrected chi connectivity index (χ1v) is 8.91. The van der Waals surface area contributed by atoms with Gasteiger partial charge >= 0.3 is 0 Å². The molecule has 0 fully saturated rings. The molecule has 1 unspecified atom stereocenters. The second-order valence-corrected chi connectivity index (χ2v) is 6.26. The van der Waals surface area contributed by atoms with E-state index in [9.17, 15) is 0 Å². The van der Waals surface area contributed by atoms with Crippen molar-refractivity contribution < 1.29 is 0 Å². The third kappa shape index (κ3) is 5.61. The van der Waals surface area contributed by atoms with Gasteiger partial charge < -0.3 is 10.6 Å². The van der Waals surface area contributed by atoms with Gasteiger partial charge in [-0.3, -0.25) is 9.67 Å². The average molecular weight is 311 g/mol. The minimum absolute atomic E-state index is 0.318. The molecule has 0 aliphatic carbocycles. The van der Waals surface area contributed by atoms with Crippen LogP contribution < -0.4 is 10.6 Å². The van der Waals surface area contributed by atoms with Gasteiger partial charge in [0.1, 0.15) is 0 Å². The summed E-state index contributed by atoms with van der Waals surface area (Å²) >= 11 is 1.82. The molecule has 0 aromatic carbocycles. The van der Waals surface area contributed by atoms with Crippen molar-refractivity contribution in [2.45, 2.75) is 40.2 Å². The first-order chi connectivity index (χ1) is 9.99. The van der Waals surface area contributed by atoms with Crippen LogP contribution in [0.1, 0.15) is 30.8 Å². The number of nitrogens with one attached hydrogen (secondary N) is 2. The highest BCUT2D eigenvalue weighted by atomic mass is 32.2. The minimum atomic E-state index is 0.318. The van der Waals surface area contributed by atoms with E-state index in [0.717, 1.165) is 36.9 Å². The summed E-state index contributed by atoms with van der Waals surface area (Å²) in [5.74, 6) is 1.95. The van der Waals surface area contributed by atoms with E-state index >= 15 is 0 Å². The summed E-state index contributed by atoms with van der Waals surface area (Å²) in [7, 11) is 2.00. The quantitative estimate of drug-likeness (QED) is 0.459. The smallest absolute Gasteiger partial charge is 0.191 e. The van der Waals surface area contributed by atoms with E-state index in [1.807, 2.05) is 23.5 Å². The molecule has 120 valence electrons. The highest BCUT2D eigenvalue weighted by Gasteiger charge is 2.13. The highest BCUT2D eigenvalue weighted by molar-refractivity contribution is 7.98. The van der Waals surface area contributed by atoms with Crippen LogP contribution in [-0.2, 0) is 13.5 Å². The highest BCUT2D eigenvalue weighted by Crippen LogP contribution is 2.14. The van der Waals surface area contributed by atoms with Gasteiger partial charge in [-0.25, -0.2) is 0 Å². The van der Waals surface area contributed by atoms with Crippen LogP contribution in [0, 0.1) is 13.8 Å². The van der Waals surface area contributed by atoms with Gasteiger partial charge in [-0.2, -0.15) is 16.9 Å². The molecule has 1 aromatic rings. The molecule has 0 amide bonds. The van der Waals surface area contributed by atoms with E-state index in [2.05, 4.69) is 54.7 Å². The van der Waals surface area contributed by atoms with Crippen molar-refractivity contribution in [2.24, 2.45) is 12.0 Å². The zero-order chi connectivity index (χ0) is 15.8. The molecular formula is C15H29N5S. The topological polar surface area (TPSA) is 54.2 Å². The zero-order valence-corrected chi connectivity index (χ0v) is 15.0. The zero-order valence-electron chi connectivity index (χ0n) is 14.2. The average Bonchev–Trinajstić information content (AvgIpc) is 2.66. The van der Waals surface area contributed by atoms with Crippen molar-refractivity contribution >= 4 is 17.7 Å². The van der Waals surface area contributed by atoms with E-state index in [-0.39, 0.29) is 0 Å². The van der Waals surface area contributed by atoms with Gasteiger partial charge in [-0.05, 0) is 45.9 Å². The summed E-state index contributed by atoms with van der Waals surface area (Å²) in [6.45, 7) is 10.2. The predicted molar refractivity (Wildman–Crippen MR) is 93.3 cm³/mol. The van der Waals surface area contributed by atoms with Gasteiger partial charge in [-0.15, -0.1) is 0 Å². The second-order valence-electron chi connectivity index (χ2n) is 5.28. The summed E-state index contributed by atoms with van der Waals surface area (Å²) < 4.78 is 1.95. The van der Waals surface area contributed by atoms with Crippen LogP contribution in [0.4, 0.5) is 0 Å². The Bertz CT molecular complexity index is 467. The van der Waals surface area contributed by atoms with Crippen LogP contribution in [0.15, 0.2) is 4.99 Å². The van der Waals surface area contributed by atoms with Crippen LogP contribution in [0.25, 0.3) is 0 Å². The van der Waals surface area contributed by atoms with Crippen molar-refractivity contribution in [3.8, 4) is 0 Å². The van der Waals surface area contributed by atoms with E-state index < -0.39 is 0 Å². The summed E-state index contributed by atoms with van der Waals surface area (Å²) in [5, 5.41) is 11.3. The van der Waals surface area contributed by atoms with Crippen LogP contribution in [0.3, 0.4) is 0 Å². The molecule has 1 atom stereocenters. The molecule has 21 heavy (non-hydrogen) atoms. The Morgan fingerprint density at radius 3 is 2.67 bits per heavy atom. The monoisotopic (exact) mass is 311 g/mol. The summed E-state index contributed by atoms with van der Waals surface area (Å²) in [6.07, 6.45) is 3.06. The number of hydrogen-bond acceptors (Lipinski definition) is 3. The minimum Gasteiger partial charge on any atom is -0.357 e. The lowest BCUT2D eigenvalue weighted by Crippen LogP contribution is -2.43. The van der Waals surface area contributed by atoms with Crippen molar-refractivity contribution in [1.82, 2.24) is 20.4 Å². The number of aromatic nitrogens is 2. The van der Waals surface area contributed by atoms with Gasteiger partial charge in [0.15, 0.2) is 5.96 Å². The Kier molecular flexibility index (Phi) is 7.64. The fraction of sp³-hybridized carbons (Fsp3) is 0.733. The van der Waals surface area contributed by atoms with Crippen LogP contribution in [0.2, 0.25) is 0 Å². The Hall–Kier alpha value is -1.17. The van der Waals surface area contributed by atoms with Crippen molar-refractivity contribution in [2.75, 3.05) is 25.1 Å². The number of nitrogens with zero attached hydrogens (tertiary/aromatic N) is 3. The largest absolute Gasteiger partial charge is 0.357 e. The third-order valence-electron chi connectivity index (χ3n) is 3.46. The summed E-state index contributed by atoms with van der Waals surface area (Å²) in [4.78, 5) is 4.59. The van der Waals surface area contributed by atoms with Crippen LogP contribution in [-0.4, -0.2) is 46.9 Å². The summed E-state index contributed by atoms with van der Waals surface area (Å²) in [6, 6.07) is 0.318. The predicted octanol–water partition coefficient (Wildman–Crippen LogP) is 1.89. The molecule has 0 aliphatic heterocycles. The van der Waals surface area contributed by atoms with Crippen LogP contribution >= 0.6 is 11.8 Å². The van der Waals surface area contributed by atoms with Crippen LogP contribution in [0.5, 0.6) is 0 Å². The molecule has 0 saturated carbocycles. The Morgan fingerprint density at radius 1 is 1.43 bits per heavy atom.